The SMILES string of the molecule is CNc1nc2ccc(Cl)c(C)c2n1C. The summed E-state index contributed by atoms with van der Waals surface area (Å²) >= 11 is 6.05. The molecular formula is C10H12ClN3. The van der Waals surface area contributed by atoms with Gasteiger partial charge in [-0.15, -0.1) is 0 Å². The summed E-state index contributed by atoms with van der Waals surface area (Å²) in [5, 5.41) is 3.82. The van der Waals surface area contributed by atoms with E-state index in [2.05, 4.69) is 10.3 Å². The maximum absolute atomic E-state index is 6.05. The number of anilines is 1. The molecule has 0 bridgehead atoms. The van der Waals surface area contributed by atoms with Crippen molar-refractivity contribution in [1.29, 1.82) is 0 Å². The van der Waals surface area contributed by atoms with Gasteiger partial charge < -0.3 is 9.88 Å². The average molecular weight is 210 g/mol. The smallest absolute Gasteiger partial charge is 0.203 e. The second kappa shape index (κ2) is 3.17. The Morgan fingerprint density at radius 1 is 1.43 bits per heavy atom. The molecule has 0 aliphatic carbocycles. The highest BCUT2D eigenvalue weighted by molar-refractivity contribution is 6.32. The van der Waals surface area contributed by atoms with E-state index >= 15 is 0 Å². The molecule has 1 heterocycles. The van der Waals surface area contributed by atoms with Crippen molar-refractivity contribution in [2.24, 2.45) is 7.05 Å². The Bertz CT molecular complexity index is 488. The normalized spacial score (nSPS) is 10.9. The van der Waals surface area contributed by atoms with Gasteiger partial charge in [-0.2, -0.15) is 0 Å². The van der Waals surface area contributed by atoms with Crippen LogP contribution in [0.2, 0.25) is 5.02 Å². The predicted molar refractivity (Wildman–Crippen MR) is 60.0 cm³/mol. The lowest BCUT2D eigenvalue weighted by molar-refractivity contribution is 0.949. The van der Waals surface area contributed by atoms with Gasteiger partial charge in [0.15, 0.2) is 0 Å². The topological polar surface area (TPSA) is 29.9 Å². The second-order valence-electron chi connectivity index (χ2n) is 3.28. The van der Waals surface area contributed by atoms with Crippen LogP contribution in [0, 0.1) is 6.92 Å². The quantitative estimate of drug-likeness (QED) is 0.783. The molecule has 2 aromatic rings. The zero-order valence-corrected chi connectivity index (χ0v) is 9.18. The Kier molecular flexibility index (Phi) is 2.11. The first-order chi connectivity index (χ1) is 6.65. The largest absolute Gasteiger partial charge is 0.359 e. The van der Waals surface area contributed by atoms with Crippen LogP contribution >= 0.6 is 11.6 Å². The van der Waals surface area contributed by atoms with Crippen LogP contribution in [-0.4, -0.2) is 16.6 Å². The molecule has 0 saturated carbocycles. The molecule has 0 unspecified atom stereocenters. The number of halogens is 1. The third kappa shape index (κ3) is 1.16. The standard InChI is InChI=1S/C10H12ClN3/c1-6-7(11)4-5-8-9(6)14(3)10(12-2)13-8/h4-5H,1-3H3,(H,12,13). The molecule has 0 radical (unpaired) electrons. The van der Waals surface area contributed by atoms with Gasteiger partial charge in [-0.05, 0) is 24.6 Å². The zero-order valence-electron chi connectivity index (χ0n) is 8.43. The molecule has 74 valence electrons. The number of rotatable bonds is 1. The van der Waals surface area contributed by atoms with E-state index in [4.69, 9.17) is 11.6 Å². The van der Waals surface area contributed by atoms with Crippen molar-refractivity contribution >= 4 is 28.6 Å². The molecule has 0 amide bonds. The van der Waals surface area contributed by atoms with Crippen LogP contribution in [0.3, 0.4) is 0 Å². The number of fused-ring (bicyclic) bond motifs is 1. The molecule has 14 heavy (non-hydrogen) atoms. The summed E-state index contributed by atoms with van der Waals surface area (Å²) in [7, 11) is 3.84. The number of aromatic nitrogens is 2. The monoisotopic (exact) mass is 209 g/mol. The number of nitrogens with one attached hydrogen (secondary N) is 1. The van der Waals surface area contributed by atoms with Crippen LogP contribution < -0.4 is 5.32 Å². The lowest BCUT2D eigenvalue weighted by atomic mass is 10.2. The molecule has 1 N–H and O–H groups in total. The van der Waals surface area contributed by atoms with Crippen molar-refractivity contribution in [3.8, 4) is 0 Å². The highest BCUT2D eigenvalue weighted by Crippen LogP contribution is 2.26. The molecule has 2 rings (SSSR count). The van der Waals surface area contributed by atoms with Crippen molar-refractivity contribution in [1.82, 2.24) is 9.55 Å². The van der Waals surface area contributed by atoms with Crippen LogP contribution in [0.15, 0.2) is 12.1 Å². The summed E-state index contributed by atoms with van der Waals surface area (Å²) in [5.41, 5.74) is 3.13. The summed E-state index contributed by atoms with van der Waals surface area (Å²) < 4.78 is 2.01. The number of aryl methyl sites for hydroxylation is 2. The molecule has 0 aliphatic rings. The second-order valence-corrected chi connectivity index (χ2v) is 3.69. The Morgan fingerprint density at radius 3 is 2.79 bits per heavy atom. The third-order valence-electron chi connectivity index (χ3n) is 2.45. The van der Waals surface area contributed by atoms with Crippen LogP contribution in [0.1, 0.15) is 5.56 Å². The Morgan fingerprint density at radius 2 is 2.14 bits per heavy atom. The molecule has 1 aromatic carbocycles. The first kappa shape index (κ1) is 9.34. The fourth-order valence-electron chi connectivity index (χ4n) is 1.69. The predicted octanol–water partition coefficient (Wildman–Crippen LogP) is 2.58. The molecule has 3 nitrogen and oxygen atoms in total. The minimum atomic E-state index is 0.781. The minimum Gasteiger partial charge on any atom is -0.359 e. The highest BCUT2D eigenvalue weighted by atomic mass is 35.5. The van der Waals surface area contributed by atoms with Gasteiger partial charge in [0.1, 0.15) is 0 Å². The first-order valence-electron chi connectivity index (χ1n) is 4.44. The number of benzene rings is 1. The van der Waals surface area contributed by atoms with Crippen LogP contribution in [0.25, 0.3) is 11.0 Å². The first-order valence-corrected chi connectivity index (χ1v) is 4.82. The van der Waals surface area contributed by atoms with Gasteiger partial charge in [0.2, 0.25) is 5.95 Å². The summed E-state index contributed by atoms with van der Waals surface area (Å²) in [4.78, 5) is 4.43. The molecule has 0 spiro atoms. The maximum Gasteiger partial charge on any atom is 0.203 e. The summed E-state index contributed by atoms with van der Waals surface area (Å²) in [6.45, 7) is 2.01. The van der Waals surface area contributed by atoms with E-state index in [9.17, 15) is 0 Å². The summed E-state index contributed by atoms with van der Waals surface area (Å²) in [6, 6.07) is 3.82. The van der Waals surface area contributed by atoms with E-state index in [0.29, 0.717) is 0 Å². The fraction of sp³-hybridized carbons (Fsp3) is 0.300. The molecular weight excluding hydrogens is 198 g/mol. The van der Waals surface area contributed by atoms with E-state index in [1.807, 2.05) is 37.7 Å². The van der Waals surface area contributed by atoms with Crippen molar-refractivity contribution in [3.63, 3.8) is 0 Å². The van der Waals surface area contributed by atoms with Gasteiger partial charge in [-0.1, -0.05) is 11.6 Å². The van der Waals surface area contributed by atoms with Crippen LogP contribution in [0.5, 0.6) is 0 Å². The van der Waals surface area contributed by atoms with Crippen molar-refractivity contribution in [3.05, 3.63) is 22.7 Å². The average Bonchev–Trinajstić information content (AvgIpc) is 2.50. The van der Waals surface area contributed by atoms with Gasteiger partial charge in [0, 0.05) is 19.1 Å². The molecule has 0 aliphatic heterocycles. The Balaban J connectivity index is 2.87. The number of hydrogen-bond donors (Lipinski definition) is 1. The number of hydrogen-bond acceptors (Lipinski definition) is 2. The lowest BCUT2D eigenvalue weighted by Crippen LogP contribution is -1.98. The molecule has 4 heteroatoms. The molecule has 0 fully saturated rings. The van der Waals surface area contributed by atoms with Crippen LogP contribution in [-0.2, 0) is 7.05 Å². The van der Waals surface area contributed by atoms with E-state index in [1.54, 1.807) is 0 Å². The lowest BCUT2D eigenvalue weighted by Gasteiger charge is -2.03. The van der Waals surface area contributed by atoms with Gasteiger partial charge in [-0.25, -0.2) is 4.98 Å². The Labute approximate surface area is 87.7 Å². The molecule has 0 atom stereocenters. The van der Waals surface area contributed by atoms with Gasteiger partial charge in [0.05, 0.1) is 11.0 Å². The molecule has 1 aromatic heterocycles. The van der Waals surface area contributed by atoms with Gasteiger partial charge in [0.25, 0.3) is 0 Å². The van der Waals surface area contributed by atoms with E-state index < -0.39 is 0 Å². The van der Waals surface area contributed by atoms with Crippen molar-refractivity contribution in [2.45, 2.75) is 6.92 Å². The van der Waals surface area contributed by atoms with Crippen LogP contribution in [0.4, 0.5) is 5.95 Å². The van der Waals surface area contributed by atoms with E-state index in [1.165, 1.54) is 0 Å². The van der Waals surface area contributed by atoms with E-state index in [0.717, 1.165) is 27.6 Å². The molecule has 0 saturated heterocycles. The van der Waals surface area contributed by atoms with E-state index in [-0.39, 0.29) is 0 Å². The number of nitrogens with zero attached hydrogens (tertiary/aromatic N) is 2. The van der Waals surface area contributed by atoms with Gasteiger partial charge in [-0.3, -0.25) is 0 Å². The highest BCUT2D eigenvalue weighted by Gasteiger charge is 2.10. The van der Waals surface area contributed by atoms with Crippen molar-refractivity contribution < 1.29 is 0 Å². The number of imidazole rings is 1. The Hall–Kier alpha value is -1.22. The fourth-order valence-corrected chi connectivity index (χ4v) is 1.85. The third-order valence-corrected chi connectivity index (χ3v) is 2.86. The zero-order chi connectivity index (χ0) is 10.3. The van der Waals surface area contributed by atoms with Gasteiger partial charge >= 0.3 is 0 Å². The minimum absolute atomic E-state index is 0.781. The van der Waals surface area contributed by atoms with Crippen molar-refractivity contribution in [2.75, 3.05) is 12.4 Å². The summed E-state index contributed by atoms with van der Waals surface area (Å²) in [5.74, 6) is 0.852. The maximum atomic E-state index is 6.05. The summed E-state index contributed by atoms with van der Waals surface area (Å²) in [6.07, 6.45) is 0.